The highest BCUT2D eigenvalue weighted by Gasteiger charge is 2.28. The molecule has 18 heavy (non-hydrogen) atoms. The number of rotatable bonds is 2. The van der Waals surface area contributed by atoms with E-state index in [2.05, 4.69) is 5.32 Å². The fourth-order valence-corrected chi connectivity index (χ4v) is 2.14. The number of ether oxygens (including phenoxy) is 2. The lowest BCUT2D eigenvalue weighted by atomic mass is 10.2. The average Bonchev–Trinajstić information content (AvgIpc) is 2.29. The maximum atomic E-state index is 13.2. The molecule has 0 aliphatic carbocycles. The van der Waals surface area contributed by atoms with Crippen LogP contribution < -0.4 is 5.32 Å². The van der Waals surface area contributed by atoms with Gasteiger partial charge in [0.25, 0.3) is 0 Å². The van der Waals surface area contributed by atoms with Gasteiger partial charge in [0.1, 0.15) is 0 Å². The van der Waals surface area contributed by atoms with E-state index in [4.69, 9.17) is 32.7 Å². The quantitative estimate of drug-likeness (QED) is 0.844. The first-order chi connectivity index (χ1) is 8.37. The van der Waals surface area contributed by atoms with Crippen molar-refractivity contribution in [3.63, 3.8) is 0 Å². The number of halogens is 3. The molecular weight excluding hydrogens is 280 g/mol. The van der Waals surface area contributed by atoms with Gasteiger partial charge in [0.05, 0.1) is 29.3 Å². The summed E-state index contributed by atoms with van der Waals surface area (Å²) in [5, 5.41) is 3.12. The summed E-state index contributed by atoms with van der Waals surface area (Å²) in [5.74, 6) is -1.17. The van der Waals surface area contributed by atoms with E-state index in [1.54, 1.807) is 0 Å². The van der Waals surface area contributed by atoms with E-state index >= 15 is 0 Å². The number of anilines is 1. The van der Waals surface area contributed by atoms with Crippen molar-refractivity contribution in [1.82, 2.24) is 0 Å². The molecule has 0 amide bonds. The Morgan fingerprint density at radius 1 is 1.22 bits per heavy atom. The van der Waals surface area contributed by atoms with Gasteiger partial charge in [-0.25, -0.2) is 4.39 Å². The van der Waals surface area contributed by atoms with E-state index in [9.17, 15) is 4.39 Å². The zero-order chi connectivity index (χ0) is 13.3. The van der Waals surface area contributed by atoms with Crippen LogP contribution in [0.2, 0.25) is 10.0 Å². The normalized spacial score (nSPS) is 19.8. The highest BCUT2D eigenvalue weighted by Crippen LogP contribution is 2.28. The zero-order valence-corrected chi connectivity index (χ0v) is 11.6. The summed E-state index contributed by atoms with van der Waals surface area (Å²) in [5.41, 5.74) is 0.642. The molecule has 2 rings (SSSR count). The third-order valence-corrected chi connectivity index (χ3v) is 3.17. The smallest absolute Gasteiger partial charge is 0.162 e. The van der Waals surface area contributed by atoms with Crippen molar-refractivity contribution in [2.45, 2.75) is 25.7 Å². The largest absolute Gasteiger partial charge is 0.378 e. The summed E-state index contributed by atoms with van der Waals surface area (Å²) in [6, 6.07) is 2.96. The molecule has 0 spiro atoms. The maximum absolute atomic E-state index is 13.2. The minimum absolute atomic E-state index is 0.0111. The van der Waals surface area contributed by atoms with E-state index < -0.39 is 11.6 Å². The fourth-order valence-electron chi connectivity index (χ4n) is 1.65. The molecule has 1 aromatic rings. The molecule has 1 aromatic carbocycles. The van der Waals surface area contributed by atoms with Crippen molar-refractivity contribution in [2.75, 3.05) is 18.5 Å². The number of benzene rings is 1. The lowest BCUT2D eigenvalue weighted by molar-refractivity contribution is -0.247. The lowest BCUT2D eigenvalue weighted by Gasteiger charge is -2.35. The molecule has 0 bridgehead atoms. The monoisotopic (exact) mass is 293 g/mol. The second-order valence-corrected chi connectivity index (χ2v) is 5.43. The van der Waals surface area contributed by atoms with Gasteiger partial charge in [-0.05, 0) is 26.0 Å². The Bertz CT molecular complexity index is 421. The molecule has 1 aliphatic heterocycles. The van der Waals surface area contributed by atoms with Crippen LogP contribution in [0.15, 0.2) is 12.1 Å². The molecule has 6 heteroatoms. The van der Waals surface area contributed by atoms with Crippen molar-refractivity contribution >= 4 is 28.9 Å². The molecule has 100 valence electrons. The Labute approximate surface area is 115 Å². The maximum Gasteiger partial charge on any atom is 0.162 e. The van der Waals surface area contributed by atoms with Crippen molar-refractivity contribution in [1.29, 1.82) is 0 Å². The Balaban J connectivity index is 2.03. The molecular formula is C12H14Cl2FNO2. The zero-order valence-electron chi connectivity index (χ0n) is 10.1. The van der Waals surface area contributed by atoms with Crippen LogP contribution in [0.4, 0.5) is 10.1 Å². The van der Waals surface area contributed by atoms with Crippen molar-refractivity contribution in [3.8, 4) is 0 Å². The van der Waals surface area contributed by atoms with Gasteiger partial charge in [0.15, 0.2) is 11.6 Å². The van der Waals surface area contributed by atoms with Crippen molar-refractivity contribution < 1.29 is 13.9 Å². The minimum Gasteiger partial charge on any atom is -0.378 e. The lowest BCUT2D eigenvalue weighted by Crippen LogP contribution is -2.45. The minimum atomic E-state index is -0.610. The Kier molecular flexibility index (Phi) is 4.02. The first-order valence-electron chi connectivity index (χ1n) is 5.56. The van der Waals surface area contributed by atoms with E-state index in [1.807, 2.05) is 13.8 Å². The Hall–Kier alpha value is -0.550. The van der Waals surface area contributed by atoms with Crippen LogP contribution in [0.5, 0.6) is 0 Å². The summed E-state index contributed by atoms with van der Waals surface area (Å²) < 4.78 is 24.3. The van der Waals surface area contributed by atoms with Crippen molar-refractivity contribution in [2.24, 2.45) is 0 Å². The topological polar surface area (TPSA) is 30.5 Å². The molecule has 0 saturated carbocycles. The molecule has 1 heterocycles. The summed E-state index contributed by atoms with van der Waals surface area (Å²) in [7, 11) is 0. The third-order valence-electron chi connectivity index (χ3n) is 2.62. The average molecular weight is 294 g/mol. The first-order valence-corrected chi connectivity index (χ1v) is 6.32. The van der Waals surface area contributed by atoms with E-state index in [0.29, 0.717) is 18.9 Å². The Morgan fingerprint density at radius 3 is 2.22 bits per heavy atom. The second-order valence-electron chi connectivity index (χ2n) is 4.62. The van der Waals surface area contributed by atoms with Gasteiger partial charge in [-0.2, -0.15) is 0 Å². The van der Waals surface area contributed by atoms with Crippen LogP contribution in [0.25, 0.3) is 0 Å². The number of hydrogen-bond donors (Lipinski definition) is 1. The summed E-state index contributed by atoms with van der Waals surface area (Å²) in [4.78, 5) is 0. The summed E-state index contributed by atoms with van der Waals surface area (Å²) >= 11 is 11.4. The van der Waals surface area contributed by atoms with Crippen LogP contribution in [-0.4, -0.2) is 25.0 Å². The summed E-state index contributed by atoms with van der Waals surface area (Å²) in [6.45, 7) is 4.71. The van der Waals surface area contributed by atoms with E-state index in [1.165, 1.54) is 12.1 Å². The van der Waals surface area contributed by atoms with E-state index in [0.717, 1.165) is 0 Å². The van der Waals surface area contributed by atoms with Gasteiger partial charge in [-0.1, -0.05) is 23.2 Å². The Morgan fingerprint density at radius 2 is 1.72 bits per heavy atom. The van der Waals surface area contributed by atoms with Crippen LogP contribution in [-0.2, 0) is 9.47 Å². The molecule has 1 saturated heterocycles. The molecule has 0 aromatic heterocycles. The standard InChI is InChI=1S/C12H14Cl2FNO2/c1-12(2)17-5-8(6-18-12)16-7-3-9(13)11(15)10(14)4-7/h3-4,8,16H,5-6H2,1-2H3. The molecule has 0 unspecified atom stereocenters. The van der Waals surface area contributed by atoms with Crippen LogP contribution in [0.3, 0.4) is 0 Å². The molecule has 1 aliphatic rings. The van der Waals surface area contributed by atoms with E-state index in [-0.39, 0.29) is 16.1 Å². The predicted molar refractivity (Wildman–Crippen MR) is 69.8 cm³/mol. The molecule has 1 fully saturated rings. The second kappa shape index (κ2) is 5.21. The molecule has 3 nitrogen and oxygen atoms in total. The fraction of sp³-hybridized carbons (Fsp3) is 0.500. The van der Waals surface area contributed by atoms with Gasteiger partial charge < -0.3 is 14.8 Å². The van der Waals surface area contributed by atoms with Crippen LogP contribution in [0, 0.1) is 5.82 Å². The van der Waals surface area contributed by atoms with Crippen LogP contribution in [0.1, 0.15) is 13.8 Å². The molecule has 1 N–H and O–H groups in total. The SMILES string of the molecule is CC1(C)OCC(Nc2cc(Cl)c(F)c(Cl)c2)CO1. The van der Waals surface area contributed by atoms with Crippen LogP contribution >= 0.6 is 23.2 Å². The van der Waals surface area contributed by atoms with Gasteiger partial charge in [-0.15, -0.1) is 0 Å². The molecule has 0 radical (unpaired) electrons. The first kappa shape index (κ1) is 13.9. The van der Waals surface area contributed by atoms with Gasteiger partial charge in [0.2, 0.25) is 0 Å². The highest BCUT2D eigenvalue weighted by atomic mass is 35.5. The molecule has 0 atom stereocenters. The number of hydrogen-bond acceptors (Lipinski definition) is 3. The number of nitrogens with one attached hydrogen (secondary N) is 1. The highest BCUT2D eigenvalue weighted by molar-refractivity contribution is 6.35. The van der Waals surface area contributed by atoms with Gasteiger partial charge in [0, 0.05) is 5.69 Å². The van der Waals surface area contributed by atoms with Crippen molar-refractivity contribution in [3.05, 3.63) is 28.0 Å². The third kappa shape index (κ3) is 3.26. The predicted octanol–water partition coefficient (Wildman–Crippen LogP) is 3.70. The van der Waals surface area contributed by atoms with Gasteiger partial charge >= 0.3 is 0 Å². The van der Waals surface area contributed by atoms with Gasteiger partial charge in [-0.3, -0.25) is 0 Å². The summed E-state index contributed by atoms with van der Waals surface area (Å²) in [6.07, 6.45) is 0.